The van der Waals surface area contributed by atoms with Crippen LogP contribution in [0.5, 0.6) is 0 Å². The molecule has 0 N–H and O–H groups in total. The maximum Gasteiger partial charge on any atom is 0.256 e. The number of rotatable bonds is 1. The Hall–Kier alpha value is -2.41. The number of hydrogen-bond acceptors (Lipinski definition) is 4. The average Bonchev–Trinajstić information content (AvgIpc) is 2.84. The standard InChI is InChI=1S/C15H14N4O2S/c1-18-10-12-9-11(4-5-14(12)16-18)13-3-2-6-19-7-8-22(20,21)17-15(13)19/h2-6,9-10H,7-8H2,1H3. The zero-order valence-corrected chi connectivity index (χ0v) is 12.8. The Balaban J connectivity index is 1.87. The summed E-state index contributed by atoms with van der Waals surface area (Å²) in [5.74, 6) is 0.549. The molecule has 2 aliphatic heterocycles. The van der Waals surface area contributed by atoms with Crippen molar-refractivity contribution >= 4 is 32.3 Å². The monoisotopic (exact) mass is 314 g/mol. The van der Waals surface area contributed by atoms with Crippen LogP contribution in [-0.2, 0) is 17.1 Å². The molecule has 0 amide bonds. The van der Waals surface area contributed by atoms with Gasteiger partial charge in [0.2, 0.25) is 0 Å². The van der Waals surface area contributed by atoms with Crippen molar-refractivity contribution in [2.75, 3.05) is 12.3 Å². The minimum atomic E-state index is -3.38. The van der Waals surface area contributed by atoms with Gasteiger partial charge in [-0.05, 0) is 29.8 Å². The Morgan fingerprint density at radius 3 is 3.00 bits per heavy atom. The highest BCUT2D eigenvalue weighted by molar-refractivity contribution is 7.90. The first kappa shape index (κ1) is 13.3. The van der Waals surface area contributed by atoms with Crippen molar-refractivity contribution in [3.63, 3.8) is 0 Å². The van der Waals surface area contributed by atoms with E-state index in [2.05, 4.69) is 9.50 Å². The van der Waals surface area contributed by atoms with Crippen LogP contribution in [0.4, 0.5) is 0 Å². The van der Waals surface area contributed by atoms with Crippen LogP contribution in [0.15, 0.2) is 47.1 Å². The van der Waals surface area contributed by atoms with Crippen LogP contribution in [0.1, 0.15) is 5.56 Å². The molecule has 0 aliphatic carbocycles. The quantitative estimate of drug-likeness (QED) is 0.800. The zero-order chi connectivity index (χ0) is 15.3. The molecule has 0 fully saturated rings. The molecule has 0 saturated heterocycles. The van der Waals surface area contributed by atoms with Gasteiger partial charge in [-0.3, -0.25) is 4.68 Å². The molecule has 0 atom stereocenters. The van der Waals surface area contributed by atoms with E-state index in [9.17, 15) is 8.42 Å². The predicted octanol–water partition coefficient (Wildman–Crippen LogP) is 1.53. The molecule has 0 saturated carbocycles. The normalized spacial score (nSPS) is 19.8. The van der Waals surface area contributed by atoms with Gasteiger partial charge in [-0.25, -0.2) is 8.42 Å². The first-order valence-corrected chi connectivity index (χ1v) is 8.55. The Bertz CT molecular complexity index is 967. The molecule has 4 rings (SSSR count). The van der Waals surface area contributed by atoms with E-state index in [0.717, 1.165) is 22.0 Å². The summed E-state index contributed by atoms with van der Waals surface area (Å²) in [6.45, 7) is 0.435. The lowest BCUT2D eigenvalue weighted by atomic mass is 10.0. The van der Waals surface area contributed by atoms with Crippen molar-refractivity contribution in [3.8, 4) is 0 Å². The minimum absolute atomic E-state index is 0.0513. The van der Waals surface area contributed by atoms with Gasteiger partial charge >= 0.3 is 0 Å². The summed E-state index contributed by atoms with van der Waals surface area (Å²) < 4.78 is 29.4. The number of sulfonamides is 1. The van der Waals surface area contributed by atoms with Crippen molar-refractivity contribution in [1.82, 2.24) is 14.7 Å². The van der Waals surface area contributed by atoms with Gasteiger partial charge in [0.1, 0.15) is 0 Å². The molecule has 6 nitrogen and oxygen atoms in total. The Labute approximate surface area is 128 Å². The molecular formula is C15H14N4O2S. The van der Waals surface area contributed by atoms with E-state index < -0.39 is 10.0 Å². The number of benzene rings is 1. The lowest BCUT2D eigenvalue weighted by Gasteiger charge is -2.29. The predicted molar refractivity (Wildman–Crippen MR) is 85.8 cm³/mol. The van der Waals surface area contributed by atoms with Gasteiger partial charge in [0.25, 0.3) is 10.0 Å². The second kappa shape index (κ2) is 4.54. The minimum Gasteiger partial charge on any atom is -0.331 e. The van der Waals surface area contributed by atoms with E-state index >= 15 is 0 Å². The molecule has 112 valence electrons. The molecule has 22 heavy (non-hydrogen) atoms. The van der Waals surface area contributed by atoms with E-state index in [0.29, 0.717) is 12.4 Å². The van der Waals surface area contributed by atoms with Crippen LogP contribution in [0.2, 0.25) is 0 Å². The number of amidine groups is 1. The second-order valence-corrected chi connectivity index (χ2v) is 7.15. The summed E-state index contributed by atoms with van der Waals surface area (Å²) in [5.41, 5.74) is 2.66. The number of allylic oxidation sites excluding steroid dienone is 2. The molecular weight excluding hydrogens is 300 g/mol. The first-order valence-electron chi connectivity index (χ1n) is 6.94. The molecule has 0 bridgehead atoms. The van der Waals surface area contributed by atoms with Crippen molar-refractivity contribution in [2.45, 2.75) is 0 Å². The van der Waals surface area contributed by atoms with E-state index in [1.165, 1.54) is 0 Å². The van der Waals surface area contributed by atoms with Gasteiger partial charge < -0.3 is 4.90 Å². The van der Waals surface area contributed by atoms with Crippen LogP contribution in [-0.4, -0.2) is 41.2 Å². The summed E-state index contributed by atoms with van der Waals surface area (Å²) in [6.07, 6.45) is 7.61. The Kier molecular flexibility index (Phi) is 2.74. The van der Waals surface area contributed by atoms with Gasteiger partial charge in [-0.15, -0.1) is 4.40 Å². The third-order valence-electron chi connectivity index (χ3n) is 3.79. The van der Waals surface area contributed by atoms with Gasteiger partial charge in [0.05, 0.1) is 11.3 Å². The van der Waals surface area contributed by atoms with Crippen LogP contribution >= 0.6 is 0 Å². The van der Waals surface area contributed by atoms with Crippen molar-refractivity contribution in [1.29, 1.82) is 0 Å². The fourth-order valence-electron chi connectivity index (χ4n) is 2.76. The molecule has 0 radical (unpaired) electrons. The van der Waals surface area contributed by atoms with Crippen LogP contribution in [0, 0.1) is 0 Å². The molecule has 1 aromatic heterocycles. The summed E-state index contributed by atoms with van der Waals surface area (Å²) in [4.78, 5) is 1.88. The van der Waals surface area contributed by atoms with Crippen molar-refractivity contribution in [3.05, 3.63) is 48.3 Å². The SMILES string of the molecule is Cn1cc2cc(C3=CC=CN4CCS(=O)(=O)N=C34)ccc2n1. The number of nitrogens with zero attached hydrogens (tertiary/aromatic N) is 4. The summed E-state index contributed by atoms with van der Waals surface area (Å²) in [7, 11) is -1.50. The molecule has 7 heteroatoms. The Morgan fingerprint density at radius 1 is 1.27 bits per heavy atom. The van der Waals surface area contributed by atoms with Crippen LogP contribution < -0.4 is 0 Å². The highest BCUT2D eigenvalue weighted by Crippen LogP contribution is 2.27. The number of aromatic nitrogens is 2. The number of hydrogen-bond donors (Lipinski definition) is 0. The molecule has 0 unspecified atom stereocenters. The number of fused-ring (bicyclic) bond motifs is 2. The smallest absolute Gasteiger partial charge is 0.256 e. The first-order chi connectivity index (χ1) is 10.5. The summed E-state index contributed by atoms with van der Waals surface area (Å²) in [5, 5.41) is 5.37. The molecule has 2 aliphatic rings. The fourth-order valence-corrected chi connectivity index (χ4v) is 3.74. The molecule has 0 spiro atoms. The fraction of sp³-hybridized carbons (Fsp3) is 0.200. The summed E-state index contributed by atoms with van der Waals surface area (Å²) >= 11 is 0. The highest BCUT2D eigenvalue weighted by atomic mass is 32.2. The summed E-state index contributed by atoms with van der Waals surface area (Å²) in [6, 6.07) is 5.89. The van der Waals surface area contributed by atoms with Gasteiger partial charge in [-0.2, -0.15) is 5.10 Å². The largest absolute Gasteiger partial charge is 0.331 e. The number of aryl methyl sites for hydroxylation is 1. The highest BCUT2D eigenvalue weighted by Gasteiger charge is 2.27. The van der Waals surface area contributed by atoms with E-state index in [4.69, 9.17) is 0 Å². The third-order valence-corrected chi connectivity index (χ3v) is 4.94. The van der Waals surface area contributed by atoms with Crippen LogP contribution in [0.3, 0.4) is 0 Å². The average molecular weight is 314 g/mol. The van der Waals surface area contributed by atoms with E-state index in [-0.39, 0.29) is 5.75 Å². The van der Waals surface area contributed by atoms with Gasteiger partial charge in [-0.1, -0.05) is 6.07 Å². The topological polar surface area (TPSA) is 67.6 Å². The van der Waals surface area contributed by atoms with E-state index in [1.807, 2.05) is 54.7 Å². The van der Waals surface area contributed by atoms with E-state index in [1.54, 1.807) is 4.68 Å². The zero-order valence-electron chi connectivity index (χ0n) is 12.0. The maximum absolute atomic E-state index is 11.8. The molecule has 2 aromatic rings. The maximum atomic E-state index is 11.8. The second-order valence-electron chi connectivity index (χ2n) is 5.39. The van der Waals surface area contributed by atoms with Gasteiger partial charge in [0, 0.05) is 36.9 Å². The van der Waals surface area contributed by atoms with Crippen molar-refractivity contribution in [2.24, 2.45) is 11.4 Å². The lowest BCUT2D eigenvalue weighted by Crippen LogP contribution is -2.37. The Morgan fingerprint density at radius 2 is 2.14 bits per heavy atom. The van der Waals surface area contributed by atoms with Gasteiger partial charge in [0.15, 0.2) is 5.84 Å². The van der Waals surface area contributed by atoms with Crippen molar-refractivity contribution < 1.29 is 8.42 Å². The third kappa shape index (κ3) is 2.14. The van der Waals surface area contributed by atoms with Crippen LogP contribution in [0.25, 0.3) is 16.5 Å². The molecule has 3 heterocycles. The lowest BCUT2D eigenvalue weighted by molar-refractivity contribution is 0.550. The molecule has 1 aromatic carbocycles.